The van der Waals surface area contributed by atoms with Gasteiger partial charge in [-0.2, -0.15) is 23.1 Å². The Balaban J connectivity index is 1.47. The predicted octanol–water partition coefficient (Wildman–Crippen LogP) is 3.50. The minimum atomic E-state index is -4.72. The number of fused-ring (bicyclic) bond motifs is 1. The zero-order valence-corrected chi connectivity index (χ0v) is 25.6. The fourth-order valence-electron chi connectivity index (χ4n) is 6.37. The molecule has 1 aromatic heterocycles. The van der Waals surface area contributed by atoms with Gasteiger partial charge in [0.15, 0.2) is 0 Å². The molecule has 14 heteroatoms. The third kappa shape index (κ3) is 6.75. The molecule has 44 heavy (non-hydrogen) atoms. The van der Waals surface area contributed by atoms with E-state index in [1.807, 2.05) is 19.2 Å². The standard InChI is InChI=1S/C30H38ClF3N6O4/c1-4-27(42)40-12-11-39(16-25(40)22(17-41)30(32,33)34)28-21-14-38(13-20-23(31)8-5-9-26(20)43-3)15-24(21)35-29(36-28)44-18-19-7-6-10-37(19)2/h4-5,8-9,19,22,25,41H,1,6-7,10-18H2,2-3H3/t19-,22?,25+/m0/s1. The van der Waals surface area contributed by atoms with E-state index >= 15 is 0 Å². The summed E-state index contributed by atoms with van der Waals surface area (Å²) in [7, 11) is 3.62. The summed E-state index contributed by atoms with van der Waals surface area (Å²) in [6.07, 6.45) is -1.66. The van der Waals surface area contributed by atoms with Gasteiger partial charge >= 0.3 is 12.2 Å². The Bertz CT molecular complexity index is 1360. The molecule has 2 aromatic rings. The zero-order chi connectivity index (χ0) is 31.6. The molecule has 3 aliphatic heterocycles. The summed E-state index contributed by atoms with van der Waals surface area (Å²) in [5.74, 6) is -1.64. The SMILES string of the molecule is C=CC(=O)N1CCN(c2nc(OC[C@@H]3CCCN3C)nc3c2CN(Cc2c(Cl)cccc2OC)C3)C[C@@H]1C(CO)C(F)(F)F. The number of alkyl halides is 3. The second-order valence-corrected chi connectivity index (χ2v) is 11.9. The minimum absolute atomic E-state index is 0.00444. The minimum Gasteiger partial charge on any atom is -0.496 e. The van der Waals surface area contributed by atoms with Crippen LogP contribution < -0.4 is 14.4 Å². The number of likely N-dealkylation sites (N-methyl/N-ethyl adjacent to an activating group) is 1. The molecule has 3 aliphatic rings. The van der Waals surface area contributed by atoms with Crippen LogP contribution in [0.25, 0.3) is 0 Å². The molecule has 240 valence electrons. The van der Waals surface area contributed by atoms with Gasteiger partial charge in [0, 0.05) is 61.5 Å². The van der Waals surface area contributed by atoms with Crippen LogP contribution in [0.1, 0.15) is 29.7 Å². The highest BCUT2D eigenvalue weighted by molar-refractivity contribution is 6.31. The van der Waals surface area contributed by atoms with Crippen molar-refractivity contribution in [3.05, 3.63) is 52.7 Å². The van der Waals surface area contributed by atoms with Crippen LogP contribution in [0.15, 0.2) is 30.9 Å². The van der Waals surface area contributed by atoms with Crippen LogP contribution in [-0.4, -0.2) is 107 Å². The van der Waals surface area contributed by atoms with E-state index in [-0.39, 0.29) is 31.7 Å². The highest BCUT2D eigenvalue weighted by atomic mass is 35.5. The van der Waals surface area contributed by atoms with Crippen molar-refractivity contribution < 1.29 is 32.5 Å². The first-order valence-electron chi connectivity index (χ1n) is 14.7. The molecule has 0 radical (unpaired) electrons. The van der Waals surface area contributed by atoms with E-state index in [2.05, 4.69) is 16.4 Å². The number of hydrogen-bond acceptors (Lipinski definition) is 9. The van der Waals surface area contributed by atoms with Crippen LogP contribution in [0.5, 0.6) is 11.8 Å². The van der Waals surface area contributed by atoms with Crippen LogP contribution >= 0.6 is 11.6 Å². The monoisotopic (exact) mass is 638 g/mol. The number of carbonyl (C=O) groups excluding carboxylic acids is 1. The van der Waals surface area contributed by atoms with E-state index in [1.165, 1.54) is 0 Å². The molecule has 1 N–H and O–H groups in total. The Morgan fingerprint density at radius 1 is 1.25 bits per heavy atom. The number of piperazine rings is 1. The Hall–Kier alpha value is -3.13. The van der Waals surface area contributed by atoms with Crippen LogP contribution in [0.4, 0.5) is 19.0 Å². The maximum Gasteiger partial charge on any atom is 0.396 e. The lowest BCUT2D eigenvalue weighted by Crippen LogP contribution is -2.61. The number of anilines is 1. The van der Waals surface area contributed by atoms with Crippen LogP contribution in [0, 0.1) is 5.92 Å². The number of aliphatic hydroxyl groups is 1. The molecule has 3 atom stereocenters. The van der Waals surface area contributed by atoms with Crippen molar-refractivity contribution in [2.45, 2.75) is 50.7 Å². The smallest absolute Gasteiger partial charge is 0.396 e. The second kappa shape index (κ2) is 13.5. The molecule has 2 fully saturated rings. The fourth-order valence-corrected chi connectivity index (χ4v) is 6.59. The number of nitrogens with zero attached hydrogens (tertiary/aromatic N) is 6. The van der Waals surface area contributed by atoms with Crippen LogP contribution in [0.2, 0.25) is 5.02 Å². The number of aromatic nitrogens is 2. The lowest BCUT2D eigenvalue weighted by molar-refractivity contribution is -0.201. The van der Waals surface area contributed by atoms with Crippen molar-refractivity contribution in [2.75, 3.05) is 58.5 Å². The number of methoxy groups -OCH3 is 1. The van der Waals surface area contributed by atoms with Gasteiger partial charge in [0.25, 0.3) is 0 Å². The number of benzene rings is 1. The second-order valence-electron chi connectivity index (χ2n) is 11.5. The van der Waals surface area contributed by atoms with E-state index in [9.17, 15) is 23.1 Å². The van der Waals surface area contributed by atoms with E-state index < -0.39 is 30.7 Å². The van der Waals surface area contributed by atoms with E-state index in [0.29, 0.717) is 48.5 Å². The number of likely N-dealkylation sites (tertiary alicyclic amines) is 1. The molecule has 0 aliphatic carbocycles. The Kier molecular flexibility index (Phi) is 9.88. The number of aliphatic hydroxyl groups excluding tert-OH is 1. The quantitative estimate of drug-likeness (QED) is 0.393. The largest absolute Gasteiger partial charge is 0.496 e. The molecule has 5 rings (SSSR count). The lowest BCUT2D eigenvalue weighted by atomic mass is 9.95. The van der Waals surface area contributed by atoms with Gasteiger partial charge < -0.3 is 29.3 Å². The average Bonchev–Trinajstić information content (AvgIpc) is 3.60. The van der Waals surface area contributed by atoms with Crippen LogP contribution in [-0.2, 0) is 24.4 Å². The van der Waals surface area contributed by atoms with Crippen molar-refractivity contribution >= 4 is 23.3 Å². The molecule has 2 saturated heterocycles. The van der Waals surface area contributed by atoms with Gasteiger partial charge in [-0.25, -0.2) is 0 Å². The third-order valence-corrected chi connectivity index (χ3v) is 9.17. The van der Waals surface area contributed by atoms with E-state index in [1.54, 1.807) is 18.1 Å². The highest BCUT2D eigenvalue weighted by Gasteiger charge is 2.49. The molecule has 4 heterocycles. The van der Waals surface area contributed by atoms with Crippen molar-refractivity contribution in [2.24, 2.45) is 5.92 Å². The topological polar surface area (TPSA) is 94.5 Å². The molecule has 0 spiro atoms. The number of carbonyl (C=O) groups is 1. The Labute approximate surface area is 260 Å². The molecule has 1 unspecified atom stereocenters. The zero-order valence-electron chi connectivity index (χ0n) is 24.9. The summed E-state index contributed by atoms with van der Waals surface area (Å²) in [4.78, 5) is 29.3. The maximum atomic E-state index is 14.1. The van der Waals surface area contributed by atoms with E-state index in [4.69, 9.17) is 31.0 Å². The van der Waals surface area contributed by atoms with Gasteiger partial charge in [-0.15, -0.1) is 0 Å². The number of hydrogen-bond donors (Lipinski definition) is 1. The van der Waals surface area contributed by atoms with Crippen molar-refractivity contribution in [3.8, 4) is 11.8 Å². The molecule has 1 aromatic carbocycles. The Morgan fingerprint density at radius 2 is 2.05 bits per heavy atom. The van der Waals surface area contributed by atoms with Gasteiger partial charge in [-0.1, -0.05) is 24.2 Å². The maximum absolute atomic E-state index is 14.1. The third-order valence-electron chi connectivity index (χ3n) is 8.82. The molecule has 10 nitrogen and oxygen atoms in total. The average molecular weight is 639 g/mol. The van der Waals surface area contributed by atoms with Gasteiger partial charge in [0.05, 0.1) is 25.5 Å². The lowest BCUT2D eigenvalue weighted by Gasteiger charge is -2.45. The summed E-state index contributed by atoms with van der Waals surface area (Å²) in [5.41, 5.74) is 2.30. The molecule has 1 amide bonds. The summed E-state index contributed by atoms with van der Waals surface area (Å²) in [6.45, 7) is 5.05. The summed E-state index contributed by atoms with van der Waals surface area (Å²) >= 11 is 6.52. The number of amides is 1. The van der Waals surface area contributed by atoms with Gasteiger partial charge in [-0.3, -0.25) is 9.69 Å². The molecular formula is C30H38ClF3N6O4. The fraction of sp³-hybridized carbons (Fsp3) is 0.567. The number of halogens is 4. The van der Waals surface area contributed by atoms with Crippen molar-refractivity contribution in [3.63, 3.8) is 0 Å². The molecular weight excluding hydrogens is 601 g/mol. The van der Waals surface area contributed by atoms with E-state index in [0.717, 1.165) is 41.5 Å². The molecule has 0 bridgehead atoms. The van der Waals surface area contributed by atoms with Gasteiger partial charge in [-0.05, 0) is 44.6 Å². The summed E-state index contributed by atoms with van der Waals surface area (Å²) in [5, 5.41) is 10.4. The highest BCUT2D eigenvalue weighted by Crippen LogP contribution is 2.38. The van der Waals surface area contributed by atoms with Crippen LogP contribution in [0.3, 0.4) is 0 Å². The summed E-state index contributed by atoms with van der Waals surface area (Å²) in [6, 6.07) is 4.48. The first kappa shape index (κ1) is 32.3. The summed E-state index contributed by atoms with van der Waals surface area (Å²) < 4.78 is 53.8. The first-order valence-corrected chi connectivity index (χ1v) is 15.0. The number of rotatable bonds is 10. The predicted molar refractivity (Wildman–Crippen MR) is 159 cm³/mol. The Morgan fingerprint density at radius 3 is 2.70 bits per heavy atom. The molecule has 0 saturated carbocycles. The first-order chi connectivity index (χ1) is 21.0. The van der Waals surface area contributed by atoms with Gasteiger partial charge in [0.1, 0.15) is 24.1 Å². The van der Waals surface area contributed by atoms with Crippen molar-refractivity contribution in [1.29, 1.82) is 0 Å². The van der Waals surface area contributed by atoms with Gasteiger partial charge in [0.2, 0.25) is 5.91 Å². The number of ether oxygens (including phenoxy) is 2. The normalized spacial score (nSPS) is 21.8. The van der Waals surface area contributed by atoms with Crippen molar-refractivity contribution in [1.82, 2.24) is 24.7 Å².